The Kier molecular flexibility index (Phi) is 4.81. The van der Waals surface area contributed by atoms with Crippen LogP contribution in [0.3, 0.4) is 0 Å². The number of hydrogen-bond acceptors (Lipinski definition) is 6. The summed E-state index contributed by atoms with van der Waals surface area (Å²) in [6.45, 7) is 9.43. The molecule has 0 spiro atoms. The Morgan fingerprint density at radius 1 is 1.33 bits per heavy atom. The zero-order valence-electron chi connectivity index (χ0n) is 16.1. The lowest BCUT2D eigenvalue weighted by Gasteiger charge is -2.24. The van der Waals surface area contributed by atoms with E-state index in [-0.39, 0.29) is 11.2 Å². The van der Waals surface area contributed by atoms with Crippen LogP contribution in [0.2, 0.25) is 5.15 Å². The Labute approximate surface area is 161 Å². The highest BCUT2D eigenvalue weighted by Crippen LogP contribution is 2.27. The summed E-state index contributed by atoms with van der Waals surface area (Å²) in [5.74, 6) is 0.432. The van der Waals surface area contributed by atoms with Gasteiger partial charge in [0.05, 0.1) is 18.0 Å². The SMILES string of the molecule is CC(C)n1cc(-c2cnn3c(N(C)C(=O)OC(C)(C)C)cc(Cl)nc23)nn1. The van der Waals surface area contributed by atoms with Crippen molar-refractivity contribution in [3.8, 4) is 11.3 Å². The van der Waals surface area contributed by atoms with E-state index in [2.05, 4.69) is 20.4 Å². The van der Waals surface area contributed by atoms with E-state index in [1.165, 1.54) is 9.42 Å². The second-order valence-electron chi connectivity index (χ2n) is 7.45. The monoisotopic (exact) mass is 391 g/mol. The maximum Gasteiger partial charge on any atom is 0.415 e. The van der Waals surface area contributed by atoms with Gasteiger partial charge < -0.3 is 4.74 Å². The minimum atomic E-state index is -0.619. The molecular weight excluding hydrogens is 370 g/mol. The summed E-state index contributed by atoms with van der Waals surface area (Å²) in [4.78, 5) is 18.1. The van der Waals surface area contributed by atoms with Crippen LogP contribution in [0.15, 0.2) is 18.5 Å². The van der Waals surface area contributed by atoms with Crippen molar-refractivity contribution in [2.45, 2.75) is 46.3 Å². The number of fused-ring (bicyclic) bond motifs is 1. The van der Waals surface area contributed by atoms with E-state index in [0.29, 0.717) is 22.7 Å². The third-order valence-corrected chi connectivity index (χ3v) is 3.94. The molecular formula is C17H22ClN7O2. The van der Waals surface area contributed by atoms with Crippen molar-refractivity contribution in [3.05, 3.63) is 23.6 Å². The highest BCUT2D eigenvalue weighted by molar-refractivity contribution is 6.29. The molecule has 0 aliphatic rings. The summed E-state index contributed by atoms with van der Waals surface area (Å²) in [5.41, 5.74) is 1.15. The fourth-order valence-electron chi connectivity index (χ4n) is 2.41. The van der Waals surface area contributed by atoms with Crippen molar-refractivity contribution in [1.29, 1.82) is 0 Å². The number of carbonyl (C=O) groups excluding carboxylic acids is 1. The van der Waals surface area contributed by atoms with E-state index in [9.17, 15) is 4.79 Å². The van der Waals surface area contributed by atoms with Crippen molar-refractivity contribution < 1.29 is 9.53 Å². The first kappa shape index (κ1) is 19.1. The fraction of sp³-hybridized carbons (Fsp3) is 0.471. The summed E-state index contributed by atoms with van der Waals surface area (Å²) >= 11 is 6.21. The van der Waals surface area contributed by atoms with Crippen LogP contribution in [0.4, 0.5) is 10.6 Å². The molecule has 144 valence electrons. The van der Waals surface area contributed by atoms with Gasteiger partial charge in [-0.1, -0.05) is 16.8 Å². The molecule has 0 aromatic carbocycles. The Morgan fingerprint density at radius 3 is 2.63 bits per heavy atom. The number of rotatable bonds is 3. The van der Waals surface area contributed by atoms with Gasteiger partial charge in [-0.05, 0) is 34.6 Å². The topological polar surface area (TPSA) is 90.4 Å². The molecule has 0 aliphatic carbocycles. The first-order valence-electron chi connectivity index (χ1n) is 8.50. The van der Waals surface area contributed by atoms with Gasteiger partial charge in [0.15, 0.2) is 5.65 Å². The number of aromatic nitrogens is 6. The Morgan fingerprint density at radius 2 is 2.04 bits per heavy atom. The average Bonchev–Trinajstić information content (AvgIpc) is 3.17. The van der Waals surface area contributed by atoms with Crippen molar-refractivity contribution in [3.63, 3.8) is 0 Å². The number of carbonyl (C=O) groups is 1. The number of halogens is 1. The van der Waals surface area contributed by atoms with E-state index >= 15 is 0 Å². The normalized spacial score (nSPS) is 12.0. The molecule has 3 aromatic rings. The lowest BCUT2D eigenvalue weighted by atomic mass is 10.2. The van der Waals surface area contributed by atoms with Gasteiger partial charge >= 0.3 is 6.09 Å². The first-order valence-corrected chi connectivity index (χ1v) is 8.88. The van der Waals surface area contributed by atoms with E-state index < -0.39 is 11.7 Å². The summed E-state index contributed by atoms with van der Waals surface area (Å²) in [7, 11) is 1.59. The fourth-order valence-corrected chi connectivity index (χ4v) is 2.59. The maximum atomic E-state index is 12.4. The average molecular weight is 392 g/mol. The molecule has 0 radical (unpaired) electrons. The number of amides is 1. The molecule has 3 heterocycles. The molecule has 27 heavy (non-hydrogen) atoms. The van der Waals surface area contributed by atoms with Crippen LogP contribution in [-0.2, 0) is 4.74 Å². The summed E-state index contributed by atoms with van der Waals surface area (Å²) in [5, 5.41) is 12.9. The van der Waals surface area contributed by atoms with Gasteiger partial charge in [-0.3, -0.25) is 4.90 Å². The predicted octanol–water partition coefficient (Wildman–Crippen LogP) is 3.59. The maximum absolute atomic E-state index is 12.4. The molecule has 1 amide bonds. The van der Waals surface area contributed by atoms with Gasteiger partial charge in [0.25, 0.3) is 0 Å². The van der Waals surface area contributed by atoms with Crippen LogP contribution in [-0.4, -0.2) is 48.3 Å². The van der Waals surface area contributed by atoms with E-state index in [1.54, 1.807) is 44.8 Å². The Hall–Kier alpha value is -2.68. The van der Waals surface area contributed by atoms with E-state index in [4.69, 9.17) is 16.3 Å². The van der Waals surface area contributed by atoms with Gasteiger partial charge in [-0.15, -0.1) is 5.10 Å². The van der Waals surface area contributed by atoms with Gasteiger partial charge in [-0.2, -0.15) is 9.61 Å². The number of ether oxygens (including phenoxy) is 1. The quantitative estimate of drug-likeness (QED) is 0.633. The number of anilines is 1. The van der Waals surface area contributed by atoms with E-state index in [1.807, 2.05) is 20.0 Å². The van der Waals surface area contributed by atoms with Crippen molar-refractivity contribution in [2.75, 3.05) is 11.9 Å². The number of nitrogens with zero attached hydrogens (tertiary/aromatic N) is 7. The second-order valence-corrected chi connectivity index (χ2v) is 7.83. The van der Waals surface area contributed by atoms with Crippen LogP contribution in [0.5, 0.6) is 0 Å². The van der Waals surface area contributed by atoms with Crippen LogP contribution in [0.25, 0.3) is 16.9 Å². The van der Waals surface area contributed by atoms with Gasteiger partial charge in [0.1, 0.15) is 22.3 Å². The second kappa shape index (κ2) is 6.80. The van der Waals surface area contributed by atoms with Gasteiger partial charge in [0, 0.05) is 19.2 Å². The predicted molar refractivity (Wildman–Crippen MR) is 102 cm³/mol. The molecule has 0 unspecified atom stereocenters. The molecule has 3 aromatic heterocycles. The molecule has 3 rings (SSSR count). The molecule has 0 bridgehead atoms. The standard InChI is InChI=1S/C17H22ClN7O2/c1-10(2)24-9-12(21-22-24)11-8-19-25-14(7-13(18)20-15(11)25)23(6)16(26)27-17(3,4)5/h7-10H,1-6H3. The molecule has 0 saturated heterocycles. The number of hydrogen-bond donors (Lipinski definition) is 0. The van der Waals surface area contributed by atoms with Gasteiger partial charge in [0.2, 0.25) is 0 Å². The highest BCUT2D eigenvalue weighted by atomic mass is 35.5. The van der Waals surface area contributed by atoms with Crippen LogP contribution >= 0.6 is 11.6 Å². The van der Waals surface area contributed by atoms with E-state index in [0.717, 1.165) is 0 Å². The molecule has 0 saturated carbocycles. The third-order valence-electron chi connectivity index (χ3n) is 3.75. The lowest BCUT2D eigenvalue weighted by Crippen LogP contribution is -2.35. The Bertz CT molecular complexity index is 987. The first-order chi connectivity index (χ1) is 12.6. The zero-order chi connectivity index (χ0) is 19.9. The van der Waals surface area contributed by atoms with Gasteiger partial charge in [-0.25, -0.2) is 14.5 Å². The summed E-state index contributed by atoms with van der Waals surface area (Å²) < 4.78 is 8.69. The van der Waals surface area contributed by atoms with Crippen molar-refractivity contribution in [1.82, 2.24) is 29.6 Å². The van der Waals surface area contributed by atoms with Crippen LogP contribution in [0.1, 0.15) is 40.7 Å². The minimum Gasteiger partial charge on any atom is -0.443 e. The highest BCUT2D eigenvalue weighted by Gasteiger charge is 2.24. The molecule has 0 fully saturated rings. The van der Waals surface area contributed by atoms with Crippen LogP contribution < -0.4 is 4.90 Å². The third kappa shape index (κ3) is 3.87. The smallest absolute Gasteiger partial charge is 0.415 e. The summed E-state index contributed by atoms with van der Waals surface area (Å²) in [6, 6.07) is 1.73. The molecule has 0 aliphatic heterocycles. The summed E-state index contributed by atoms with van der Waals surface area (Å²) in [6.07, 6.45) is 2.93. The zero-order valence-corrected chi connectivity index (χ0v) is 16.9. The molecule has 0 atom stereocenters. The van der Waals surface area contributed by atoms with Crippen LogP contribution in [0, 0.1) is 0 Å². The lowest BCUT2D eigenvalue weighted by molar-refractivity contribution is 0.0587. The Balaban J connectivity index is 2.06. The molecule has 0 N–H and O–H groups in total. The molecule has 9 nitrogen and oxygen atoms in total. The van der Waals surface area contributed by atoms with Crippen molar-refractivity contribution in [2.24, 2.45) is 0 Å². The largest absolute Gasteiger partial charge is 0.443 e. The van der Waals surface area contributed by atoms with Crippen molar-refractivity contribution >= 4 is 29.2 Å². The molecule has 10 heteroatoms. The minimum absolute atomic E-state index is 0.179.